The number of hydrogen-bond donors (Lipinski definition) is 1. The molecule has 5 nitrogen and oxygen atoms in total. The number of benzene rings is 2. The van der Waals surface area contributed by atoms with Gasteiger partial charge in [-0.05, 0) is 54.4 Å². The van der Waals surface area contributed by atoms with Gasteiger partial charge >= 0.3 is 0 Å². The molecule has 1 unspecified atom stereocenters. The largest absolute Gasteiger partial charge is 0.486 e. The molecule has 0 bridgehead atoms. The van der Waals surface area contributed by atoms with E-state index in [9.17, 15) is 9.59 Å². The molecule has 0 fully saturated rings. The second-order valence-corrected chi connectivity index (χ2v) is 10.6. The number of para-hydroxylation sites is 1. The topological polar surface area (TPSA) is 64.6 Å². The summed E-state index contributed by atoms with van der Waals surface area (Å²) in [6.45, 7) is 11.3. The Hall–Kier alpha value is -2.82. The fourth-order valence-corrected chi connectivity index (χ4v) is 4.68. The van der Waals surface area contributed by atoms with Crippen LogP contribution in [-0.4, -0.2) is 24.9 Å². The van der Waals surface area contributed by atoms with Gasteiger partial charge in [0.1, 0.15) is 19.0 Å². The van der Waals surface area contributed by atoms with Gasteiger partial charge in [0.15, 0.2) is 11.5 Å². The lowest BCUT2D eigenvalue weighted by atomic mass is 9.84. The van der Waals surface area contributed by atoms with Crippen molar-refractivity contribution in [2.45, 2.75) is 90.9 Å². The normalized spacial score (nSPS) is 13.9. The van der Waals surface area contributed by atoms with E-state index < -0.39 is 0 Å². The smallest absolute Gasteiger partial charge is 0.224 e. The molecule has 0 aromatic heterocycles. The first kappa shape index (κ1) is 26.8. The lowest BCUT2D eigenvalue weighted by molar-refractivity contribution is -0.117. The van der Waals surface area contributed by atoms with E-state index in [2.05, 4.69) is 51.2 Å². The number of carbonyl (C=O) groups is 2. The molecule has 1 aliphatic heterocycles. The molecule has 0 aliphatic carbocycles. The Bertz CT molecular complexity index is 1020. The second kappa shape index (κ2) is 12.2. The molecule has 1 N–H and O–H groups in total. The summed E-state index contributed by atoms with van der Waals surface area (Å²) in [7, 11) is 0. The summed E-state index contributed by atoms with van der Waals surface area (Å²) < 4.78 is 11.8. The van der Waals surface area contributed by atoms with Gasteiger partial charge in [-0.1, -0.05) is 71.2 Å². The molecule has 35 heavy (non-hydrogen) atoms. The Morgan fingerprint density at radius 1 is 1.06 bits per heavy atom. The quantitative estimate of drug-likeness (QED) is 0.354. The van der Waals surface area contributed by atoms with Crippen LogP contribution in [0, 0.1) is 0 Å². The maximum absolute atomic E-state index is 13.4. The molecule has 1 atom stereocenters. The maximum atomic E-state index is 13.4. The van der Waals surface area contributed by atoms with Crippen molar-refractivity contribution in [3.8, 4) is 11.5 Å². The number of aryl methyl sites for hydroxylation is 1. The fourth-order valence-electron chi connectivity index (χ4n) is 4.68. The van der Waals surface area contributed by atoms with E-state index in [1.807, 2.05) is 18.2 Å². The van der Waals surface area contributed by atoms with Crippen molar-refractivity contribution in [2.24, 2.45) is 0 Å². The van der Waals surface area contributed by atoms with Gasteiger partial charge in [-0.25, -0.2) is 0 Å². The van der Waals surface area contributed by atoms with E-state index in [-0.39, 0.29) is 23.0 Å². The van der Waals surface area contributed by atoms with Crippen LogP contribution < -0.4 is 14.8 Å². The number of carbonyl (C=O) groups excluding carboxylic acids is 2. The van der Waals surface area contributed by atoms with Crippen molar-refractivity contribution in [2.75, 3.05) is 18.5 Å². The SMILES string of the molecule is CCCCCC(CC(=O)Nc1cc(CCC(C)=O)ccc1C(C)(C)C)c1cccc2c1OCCO2. The number of ketones is 1. The molecule has 0 saturated heterocycles. The summed E-state index contributed by atoms with van der Waals surface area (Å²) in [5.41, 5.74) is 3.93. The average Bonchev–Trinajstić information content (AvgIpc) is 2.81. The van der Waals surface area contributed by atoms with Crippen LogP contribution >= 0.6 is 0 Å². The first-order valence-corrected chi connectivity index (χ1v) is 13.0. The number of fused-ring (bicyclic) bond motifs is 1. The fraction of sp³-hybridized carbons (Fsp3) is 0.533. The van der Waals surface area contributed by atoms with Gasteiger partial charge in [-0.3, -0.25) is 4.79 Å². The molecule has 190 valence electrons. The number of amides is 1. The minimum absolute atomic E-state index is 0.00459. The lowest BCUT2D eigenvalue weighted by Gasteiger charge is -2.26. The van der Waals surface area contributed by atoms with Crippen molar-refractivity contribution in [1.29, 1.82) is 0 Å². The zero-order valence-corrected chi connectivity index (χ0v) is 22.0. The number of unbranched alkanes of at least 4 members (excludes halogenated alkanes) is 2. The van der Waals surface area contributed by atoms with Crippen LogP contribution in [0.25, 0.3) is 0 Å². The highest BCUT2D eigenvalue weighted by atomic mass is 16.6. The molecular weight excluding hydrogens is 438 g/mol. The van der Waals surface area contributed by atoms with Crippen LogP contribution in [0.5, 0.6) is 11.5 Å². The number of Topliss-reactive ketones (excluding diaryl/α,β-unsaturated/α-hetero) is 1. The molecule has 2 aromatic rings. The highest BCUT2D eigenvalue weighted by Crippen LogP contribution is 2.41. The zero-order valence-electron chi connectivity index (χ0n) is 22.0. The highest BCUT2D eigenvalue weighted by molar-refractivity contribution is 5.92. The molecule has 5 heteroatoms. The van der Waals surface area contributed by atoms with Gasteiger partial charge < -0.3 is 19.6 Å². The van der Waals surface area contributed by atoms with Gasteiger partial charge in [0, 0.05) is 24.1 Å². The molecular formula is C30H41NO4. The van der Waals surface area contributed by atoms with E-state index in [4.69, 9.17) is 9.47 Å². The maximum Gasteiger partial charge on any atom is 0.224 e. The minimum Gasteiger partial charge on any atom is -0.486 e. The molecule has 1 amide bonds. The summed E-state index contributed by atoms with van der Waals surface area (Å²) >= 11 is 0. The summed E-state index contributed by atoms with van der Waals surface area (Å²) in [6.07, 6.45) is 5.81. The minimum atomic E-state index is -0.119. The number of rotatable bonds is 11. The standard InChI is InChI=1S/C30H41NO4/c1-6-7-8-10-23(24-11-9-12-27-29(24)35-18-17-34-27)20-28(33)31-26-19-22(14-13-21(2)32)15-16-25(26)30(3,4)5/h9,11-12,15-16,19,23H,6-8,10,13-14,17-18,20H2,1-5H3,(H,31,33). The van der Waals surface area contributed by atoms with Crippen molar-refractivity contribution in [3.63, 3.8) is 0 Å². The van der Waals surface area contributed by atoms with Crippen LogP contribution in [0.3, 0.4) is 0 Å². The molecule has 0 radical (unpaired) electrons. The number of nitrogens with one attached hydrogen (secondary N) is 1. The Morgan fingerprint density at radius 3 is 2.54 bits per heavy atom. The number of hydrogen-bond acceptors (Lipinski definition) is 4. The lowest BCUT2D eigenvalue weighted by Crippen LogP contribution is -2.22. The summed E-state index contributed by atoms with van der Waals surface area (Å²) in [6, 6.07) is 12.2. The van der Waals surface area contributed by atoms with Gasteiger partial charge in [-0.2, -0.15) is 0 Å². The Labute approximate surface area is 210 Å². The van der Waals surface area contributed by atoms with Crippen molar-refractivity contribution < 1.29 is 19.1 Å². The van der Waals surface area contributed by atoms with E-state index in [1.165, 1.54) is 0 Å². The third-order valence-corrected chi connectivity index (χ3v) is 6.56. The van der Waals surface area contributed by atoms with Crippen molar-refractivity contribution >= 4 is 17.4 Å². The summed E-state index contributed by atoms with van der Waals surface area (Å²) in [5, 5.41) is 3.22. The Morgan fingerprint density at radius 2 is 1.83 bits per heavy atom. The molecule has 1 aliphatic rings. The third kappa shape index (κ3) is 7.58. The van der Waals surface area contributed by atoms with Crippen LogP contribution in [0.1, 0.15) is 95.8 Å². The van der Waals surface area contributed by atoms with Crippen LogP contribution in [0.15, 0.2) is 36.4 Å². The summed E-state index contributed by atoms with van der Waals surface area (Å²) in [4.78, 5) is 24.9. The first-order chi connectivity index (χ1) is 16.7. The monoisotopic (exact) mass is 479 g/mol. The van der Waals surface area contributed by atoms with E-state index in [1.54, 1.807) is 6.92 Å². The van der Waals surface area contributed by atoms with Gasteiger partial charge in [0.25, 0.3) is 0 Å². The number of ether oxygens (including phenoxy) is 2. The van der Waals surface area contributed by atoms with Gasteiger partial charge in [0.05, 0.1) is 0 Å². The zero-order chi connectivity index (χ0) is 25.4. The molecule has 3 rings (SSSR count). The Kier molecular flexibility index (Phi) is 9.36. The van der Waals surface area contributed by atoms with Crippen LogP contribution in [0.2, 0.25) is 0 Å². The van der Waals surface area contributed by atoms with Crippen molar-refractivity contribution in [3.05, 3.63) is 53.1 Å². The van der Waals surface area contributed by atoms with Crippen LogP contribution in [0.4, 0.5) is 5.69 Å². The average molecular weight is 480 g/mol. The van der Waals surface area contributed by atoms with E-state index >= 15 is 0 Å². The molecule has 0 spiro atoms. The summed E-state index contributed by atoms with van der Waals surface area (Å²) in [5.74, 6) is 1.77. The molecule has 0 saturated carbocycles. The second-order valence-electron chi connectivity index (χ2n) is 10.6. The third-order valence-electron chi connectivity index (χ3n) is 6.56. The Balaban J connectivity index is 1.84. The molecule has 2 aromatic carbocycles. The predicted octanol–water partition coefficient (Wildman–Crippen LogP) is 6.97. The first-order valence-electron chi connectivity index (χ1n) is 13.0. The number of anilines is 1. The highest BCUT2D eigenvalue weighted by Gasteiger charge is 2.25. The predicted molar refractivity (Wildman–Crippen MR) is 142 cm³/mol. The van der Waals surface area contributed by atoms with E-state index in [0.717, 1.165) is 59.6 Å². The van der Waals surface area contributed by atoms with Gasteiger partial charge in [-0.15, -0.1) is 0 Å². The van der Waals surface area contributed by atoms with Gasteiger partial charge in [0.2, 0.25) is 5.91 Å². The molecule has 1 heterocycles. The van der Waals surface area contributed by atoms with Crippen molar-refractivity contribution in [1.82, 2.24) is 0 Å². The van der Waals surface area contributed by atoms with Crippen LogP contribution in [-0.2, 0) is 21.4 Å². The van der Waals surface area contributed by atoms with E-state index in [0.29, 0.717) is 32.5 Å².